The van der Waals surface area contributed by atoms with Gasteiger partial charge in [-0.15, -0.1) is 11.8 Å². The molecular formula is C16H13ClFNOS. The van der Waals surface area contributed by atoms with E-state index in [0.29, 0.717) is 22.0 Å². The molecule has 1 heterocycles. The molecule has 2 aromatic rings. The lowest BCUT2D eigenvalue weighted by Crippen LogP contribution is -2.28. The number of rotatable bonds is 2. The molecule has 0 aromatic heterocycles. The Balaban J connectivity index is 2.04. The van der Waals surface area contributed by atoms with Crippen LogP contribution in [0.15, 0.2) is 42.5 Å². The van der Waals surface area contributed by atoms with Gasteiger partial charge in [-0.3, -0.25) is 9.69 Å². The average Bonchev–Trinajstić information content (AvgIpc) is 2.84. The molecule has 0 radical (unpaired) electrons. The summed E-state index contributed by atoms with van der Waals surface area (Å²) < 4.78 is 14.0. The molecule has 0 bridgehead atoms. The second kappa shape index (κ2) is 5.70. The quantitative estimate of drug-likeness (QED) is 0.807. The van der Waals surface area contributed by atoms with Crippen LogP contribution < -0.4 is 4.90 Å². The molecule has 1 saturated heterocycles. The van der Waals surface area contributed by atoms with E-state index in [9.17, 15) is 9.18 Å². The Morgan fingerprint density at radius 3 is 2.76 bits per heavy atom. The summed E-state index contributed by atoms with van der Waals surface area (Å²) >= 11 is 7.57. The van der Waals surface area contributed by atoms with Gasteiger partial charge in [0, 0.05) is 16.3 Å². The zero-order valence-corrected chi connectivity index (χ0v) is 12.9. The number of carbonyl (C=O) groups excluding carboxylic acids is 1. The van der Waals surface area contributed by atoms with E-state index in [1.165, 1.54) is 17.8 Å². The van der Waals surface area contributed by atoms with Gasteiger partial charge in [-0.1, -0.05) is 35.9 Å². The SMILES string of the molecule is Cc1ccc(N2C(=O)CS[C@H]2c2ccccc2F)cc1Cl. The molecule has 0 saturated carbocycles. The van der Waals surface area contributed by atoms with Crippen LogP contribution >= 0.6 is 23.4 Å². The highest BCUT2D eigenvalue weighted by atomic mass is 35.5. The van der Waals surface area contributed by atoms with Gasteiger partial charge in [-0.2, -0.15) is 0 Å². The van der Waals surface area contributed by atoms with Crippen molar-refractivity contribution in [3.63, 3.8) is 0 Å². The fourth-order valence-corrected chi connectivity index (χ4v) is 3.71. The number of amides is 1. The molecule has 0 unspecified atom stereocenters. The number of anilines is 1. The highest BCUT2D eigenvalue weighted by Gasteiger charge is 2.35. The molecular weight excluding hydrogens is 309 g/mol. The zero-order valence-electron chi connectivity index (χ0n) is 11.3. The summed E-state index contributed by atoms with van der Waals surface area (Å²) in [6, 6.07) is 12.0. The smallest absolute Gasteiger partial charge is 0.238 e. The Hall–Kier alpha value is -1.52. The van der Waals surface area contributed by atoms with Gasteiger partial charge in [0.25, 0.3) is 0 Å². The van der Waals surface area contributed by atoms with Gasteiger partial charge < -0.3 is 0 Å². The molecule has 108 valence electrons. The van der Waals surface area contributed by atoms with Gasteiger partial charge in [-0.25, -0.2) is 4.39 Å². The van der Waals surface area contributed by atoms with Crippen LogP contribution in [0.1, 0.15) is 16.5 Å². The van der Waals surface area contributed by atoms with Gasteiger partial charge in [0.05, 0.1) is 5.75 Å². The molecule has 21 heavy (non-hydrogen) atoms. The minimum atomic E-state index is -0.350. The first-order valence-corrected chi connectivity index (χ1v) is 7.95. The van der Waals surface area contributed by atoms with Crippen molar-refractivity contribution in [1.82, 2.24) is 0 Å². The van der Waals surface area contributed by atoms with Crippen molar-refractivity contribution in [3.05, 3.63) is 64.4 Å². The Kier molecular flexibility index (Phi) is 3.91. The minimum Gasteiger partial charge on any atom is -0.295 e. The van der Waals surface area contributed by atoms with Crippen molar-refractivity contribution in [3.8, 4) is 0 Å². The Bertz CT molecular complexity index is 706. The Morgan fingerprint density at radius 2 is 2.05 bits per heavy atom. The first kappa shape index (κ1) is 14.4. The monoisotopic (exact) mass is 321 g/mol. The van der Waals surface area contributed by atoms with Gasteiger partial charge in [-0.05, 0) is 30.7 Å². The standard InChI is InChI=1S/C16H13ClFNOS/c1-10-6-7-11(8-13(10)17)19-15(20)9-21-16(19)12-4-2-3-5-14(12)18/h2-8,16H,9H2,1H3/t16-/m0/s1. The maximum absolute atomic E-state index is 14.0. The average molecular weight is 322 g/mol. The molecule has 1 atom stereocenters. The maximum atomic E-state index is 14.0. The van der Waals surface area contributed by atoms with Crippen LogP contribution in [0.25, 0.3) is 0 Å². The van der Waals surface area contributed by atoms with Crippen LogP contribution in [-0.2, 0) is 4.79 Å². The lowest BCUT2D eigenvalue weighted by molar-refractivity contribution is -0.115. The van der Waals surface area contributed by atoms with E-state index in [0.717, 1.165) is 5.56 Å². The van der Waals surface area contributed by atoms with E-state index in [-0.39, 0.29) is 17.1 Å². The van der Waals surface area contributed by atoms with Gasteiger partial charge in [0.2, 0.25) is 5.91 Å². The second-order valence-electron chi connectivity index (χ2n) is 4.88. The molecule has 0 N–H and O–H groups in total. The number of aryl methyl sites for hydroxylation is 1. The summed E-state index contributed by atoms with van der Waals surface area (Å²) in [5.41, 5.74) is 2.17. The lowest BCUT2D eigenvalue weighted by Gasteiger charge is -2.25. The van der Waals surface area contributed by atoms with Crippen LogP contribution in [-0.4, -0.2) is 11.7 Å². The summed E-state index contributed by atoms with van der Waals surface area (Å²) in [5.74, 6) is 0.00546. The van der Waals surface area contributed by atoms with Gasteiger partial charge in [0.15, 0.2) is 0 Å². The highest BCUT2D eigenvalue weighted by molar-refractivity contribution is 8.00. The number of halogens is 2. The molecule has 0 spiro atoms. The third kappa shape index (κ3) is 2.65. The summed E-state index contributed by atoms with van der Waals surface area (Å²) in [4.78, 5) is 13.8. The fraction of sp³-hybridized carbons (Fsp3) is 0.188. The number of hydrogen-bond donors (Lipinski definition) is 0. The number of hydrogen-bond acceptors (Lipinski definition) is 2. The third-order valence-corrected chi connectivity index (χ3v) is 5.07. The fourth-order valence-electron chi connectivity index (χ4n) is 2.34. The molecule has 5 heteroatoms. The third-order valence-electron chi connectivity index (χ3n) is 3.47. The first-order valence-electron chi connectivity index (χ1n) is 6.52. The predicted molar refractivity (Wildman–Crippen MR) is 85.3 cm³/mol. The van der Waals surface area contributed by atoms with Crippen LogP contribution in [0.2, 0.25) is 5.02 Å². The maximum Gasteiger partial charge on any atom is 0.238 e. The van der Waals surface area contributed by atoms with E-state index in [4.69, 9.17) is 11.6 Å². The molecule has 0 aliphatic carbocycles. The number of benzene rings is 2. The molecule has 1 fully saturated rings. The van der Waals surface area contributed by atoms with E-state index >= 15 is 0 Å². The first-order chi connectivity index (χ1) is 10.1. The summed E-state index contributed by atoms with van der Waals surface area (Å²) in [6.07, 6.45) is 0. The van der Waals surface area contributed by atoms with Crippen LogP contribution in [0.4, 0.5) is 10.1 Å². The summed E-state index contributed by atoms with van der Waals surface area (Å²) in [5, 5.41) is 0.252. The number of carbonyl (C=O) groups is 1. The molecule has 2 nitrogen and oxygen atoms in total. The topological polar surface area (TPSA) is 20.3 Å². The van der Waals surface area contributed by atoms with E-state index in [2.05, 4.69) is 0 Å². The predicted octanol–water partition coefficient (Wildman–Crippen LogP) is 4.57. The van der Waals surface area contributed by atoms with Gasteiger partial charge >= 0.3 is 0 Å². The second-order valence-corrected chi connectivity index (χ2v) is 6.36. The Morgan fingerprint density at radius 1 is 1.29 bits per heavy atom. The summed E-state index contributed by atoms with van der Waals surface area (Å²) in [7, 11) is 0. The minimum absolute atomic E-state index is 0.0341. The highest BCUT2D eigenvalue weighted by Crippen LogP contribution is 2.43. The van der Waals surface area contributed by atoms with Gasteiger partial charge in [0.1, 0.15) is 11.2 Å². The van der Waals surface area contributed by atoms with Crippen LogP contribution in [0, 0.1) is 12.7 Å². The zero-order chi connectivity index (χ0) is 15.0. The van der Waals surface area contributed by atoms with Crippen molar-refractivity contribution in [2.24, 2.45) is 0 Å². The largest absolute Gasteiger partial charge is 0.295 e. The molecule has 3 rings (SSSR count). The molecule has 1 aliphatic heterocycles. The summed E-state index contributed by atoms with van der Waals surface area (Å²) in [6.45, 7) is 1.90. The van der Waals surface area contributed by atoms with Crippen LogP contribution in [0.5, 0.6) is 0 Å². The van der Waals surface area contributed by atoms with Crippen molar-refractivity contribution < 1.29 is 9.18 Å². The van der Waals surface area contributed by atoms with Crippen molar-refractivity contribution in [2.75, 3.05) is 10.7 Å². The number of nitrogens with zero attached hydrogens (tertiary/aromatic N) is 1. The van der Waals surface area contributed by atoms with E-state index in [1.54, 1.807) is 29.2 Å². The van der Waals surface area contributed by atoms with Crippen LogP contribution in [0.3, 0.4) is 0 Å². The lowest BCUT2D eigenvalue weighted by atomic mass is 10.1. The number of thioether (sulfide) groups is 1. The van der Waals surface area contributed by atoms with E-state index in [1.807, 2.05) is 19.1 Å². The normalized spacial score (nSPS) is 18.3. The van der Waals surface area contributed by atoms with E-state index < -0.39 is 0 Å². The molecule has 2 aromatic carbocycles. The van der Waals surface area contributed by atoms with Crippen molar-refractivity contribution in [1.29, 1.82) is 0 Å². The van der Waals surface area contributed by atoms with Crippen molar-refractivity contribution >= 4 is 35.0 Å². The molecule has 1 amide bonds. The van der Waals surface area contributed by atoms with Crippen molar-refractivity contribution in [2.45, 2.75) is 12.3 Å². The molecule has 1 aliphatic rings. The Labute approximate surface area is 131 Å².